The number of hydrazone groups is 1. The van der Waals surface area contributed by atoms with Crippen molar-refractivity contribution in [1.82, 2.24) is 5.43 Å². The molecule has 0 aliphatic rings. The van der Waals surface area contributed by atoms with Gasteiger partial charge in [0, 0.05) is 10.6 Å². The third-order valence-corrected chi connectivity index (χ3v) is 6.63. The molecule has 3 rings (SSSR count). The highest BCUT2D eigenvalue weighted by Gasteiger charge is 2.19. The first kappa shape index (κ1) is 26.2. The van der Waals surface area contributed by atoms with Crippen LogP contribution in [0.1, 0.15) is 41.3 Å². The first-order chi connectivity index (χ1) is 16.8. The van der Waals surface area contributed by atoms with Crippen LogP contribution in [0.4, 0.5) is 5.69 Å². The molecule has 184 valence electrons. The van der Waals surface area contributed by atoms with Gasteiger partial charge in [0.2, 0.25) is 10.0 Å². The van der Waals surface area contributed by atoms with Crippen LogP contribution in [-0.2, 0) is 16.6 Å². The Hall–Kier alpha value is -3.36. The van der Waals surface area contributed by atoms with Gasteiger partial charge in [0.25, 0.3) is 5.91 Å². The maximum atomic E-state index is 12.5. The van der Waals surface area contributed by atoms with Gasteiger partial charge < -0.3 is 4.74 Å². The summed E-state index contributed by atoms with van der Waals surface area (Å²) in [6.45, 7) is 2.87. The van der Waals surface area contributed by atoms with Gasteiger partial charge >= 0.3 is 0 Å². The topological polar surface area (TPSA) is 88.1 Å². The normalized spacial score (nSPS) is 11.4. The molecule has 0 aliphatic carbocycles. The number of anilines is 1. The molecule has 7 nitrogen and oxygen atoms in total. The van der Waals surface area contributed by atoms with Crippen LogP contribution in [0.2, 0.25) is 5.02 Å². The Bertz CT molecular complexity index is 1260. The van der Waals surface area contributed by atoms with Crippen LogP contribution in [0.15, 0.2) is 77.9 Å². The number of hydrogen-bond donors (Lipinski definition) is 1. The summed E-state index contributed by atoms with van der Waals surface area (Å²) in [5.74, 6) is 0.377. The molecule has 3 aromatic carbocycles. The number of nitrogens with zero attached hydrogens (tertiary/aromatic N) is 2. The number of carbonyl (C=O) groups is 1. The second-order valence-corrected chi connectivity index (χ2v) is 10.2. The number of unbranched alkanes of at least 4 members (excludes halogenated alkanes) is 1. The van der Waals surface area contributed by atoms with Gasteiger partial charge in [-0.15, -0.1) is 0 Å². The molecule has 0 saturated carbocycles. The maximum Gasteiger partial charge on any atom is 0.271 e. The van der Waals surface area contributed by atoms with Gasteiger partial charge in [-0.2, -0.15) is 5.10 Å². The van der Waals surface area contributed by atoms with Crippen molar-refractivity contribution in [2.24, 2.45) is 5.10 Å². The van der Waals surface area contributed by atoms with Crippen LogP contribution in [0.3, 0.4) is 0 Å². The van der Waals surface area contributed by atoms with Gasteiger partial charge in [0.15, 0.2) is 0 Å². The van der Waals surface area contributed by atoms with Crippen LogP contribution in [0.5, 0.6) is 5.75 Å². The lowest BCUT2D eigenvalue weighted by molar-refractivity contribution is 0.0955. The van der Waals surface area contributed by atoms with Gasteiger partial charge in [-0.05, 0) is 72.1 Å². The minimum atomic E-state index is -3.58. The molecule has 0 aromatic heterocycles. The second kappa shape index (κ2) is 12.4. The third kappa shape index (κ3) is 7.83. The summed E-state index contributed by atoms with van der Waals surface area (Å²) in [5, 5.41) is 4.48. The first-order valence-electron chi connectivity index (χ1n) is 11.2. The van der Waals surface area contributed by atoms with Gasteiger partial charge in [-0.25, -0.2) is 13.8 Å². The van der Waals surface area contributed by atoms with E-state index in [0.29, 0.717) is 28.4 Å². The fourth-order valence-electron chi connectivity index (χ4n) is 3.17. The van der Waals surface area contributed by atoms with E-state index in [1.165, 1.54) is 10.5 Å². The monoisotopic (exact) mass is 513 g/mol. The lowest BCUT2D eigenvalue weighted by Gasteiger charge is -2.23. The number of nitrogens with one attached hydrogen (secondary N) is 1. The molecule has 0 atom stereocenters. The van der Waals surface area contributed by atoms with Crippen molar-refractivity contribution in [3.63, 3.8) is 0 Å². The van der Waals surface area contributed by atoms with E-state index >= 15 is 0 Å². The smallest absolute Gasteiger partial charge is 0.271 e. The third-order valence-electron chi connectivity index (χ3n) is 5.12. The molecule has 0 radical (unpaired) electrons. The SMILES string of the molecule is CCCCOc1ccc(/C=N\NC(=O)c2ccc(N(Cc3ccccc3Cl)S(C)(=O)=O)cc2)cc1. The van der Waals surface area contributed by atoms with Crippen molar-refractivity contribution in [3.05, 3.63) is 94.5 Å². The summed E-state index contributed by atoms with van der Waals surface area (Å²) in [6.07, 6.45) is 4.75. The Morgan fingerprint density at radius 1 is 1.06 bits per heavy atom. The summed E-state index contributed by atoms with van der Waals surface area (Å²) in [5.41, 5.74) is 4.74. The quantitative estimate of drug-likeness (QED) is 0.215. The lowest BCUT2D eigenvalue weighted by Crippen LogP contribution is -2.29. The summed E-state index contributed by atoms with van der Waals surface area (Å²) in [6, 6.07) is 20.7. The molecule has 9 heteroatoms. The Morgan fingerprint density at radius 3 is 2.37 bits per heavy atom. The van der Waals surface area contributed by atoms with Gasteiger partial charge in [0.05, 0.1) is 31.3 Å². The number of carbonyl (C=O) groups excluding carboxylic acids is 1. The lowest BCUT2D eigenvalue weighted by atomic mass is 10.2. The van der Waals surface area contributed by atoms with Crippen molar-refractivity contribution in [2.75, 3.05) is 17.2 Å². The van der Waals surface area contributed by atoms with Crippen molar-refractivity contribution in [1.29, 1.82) is 0 Å². The van der Waals surface area contributed by atoms with Gasteiger partial charge in [0.1, 0.15) is 5.75 Å². The van der Waals surface area contributed by atoms with E-state index < -0.39 is 15.9 Å². The van der Waals surface area contributed by atoms with Crippen molar-refractivity contribution in [3.8, 4) is 5.75 Å². The molecule has 3 aromatic rings. The van der Waals surface area contributed by atoms with E-state index in [2.05, 4.69) is 17.5 Å². The molecule has 0 fully saturated rings. The highest BCUT2D eigenvalue weighted by Crippen LogP contribution is 2.24. The van der Waals surface area contributed by atoms with E-state index in [1.807, 2.05) is 24.3 Å². The number of sulfonamides is 1. The van der Waals surface area contributed by atoms with E-state index in [-0.39, 0.29) is 6.54 Å². The average molecular weight is 514 g/mol. The molecule has 1 amide bonds. The fraction of sp³-hybridized carbons (Fsp3) is 0.231. The Kier molecular flexibility index (Phi) is 9.28. The summed E-state index contributed by atoms with van der Waals surface area (Å²) in [4.78, 5) is 12.5. The van der Waals surface area contributed by atoms with Gasteiger partial charge in [-0.1, -0.05) is 43.1 Å². The minimum Gasteiger partial charge on any atom is -0.494 e. The molecule has 1 N–H and O–H groups in total. The molecule has 0 spiro atoms. The average Bonchev–Trinajstić information content (AvgIpc) is 2.84. The van der Waals surface area contributed by atoms with E-state index in [0.717, 1.165) is 30.4 Å². The Morgan fingerprint density at radius 2 is 1.74 bits per heavy atom. The second-order valence-electron chi connectivity index (χ2n) is 7.88. The molecule has 0 bridgehead atoms. The number of hydrogen-bond acceptors (Lipinski definition) is 5. The number of amides is 1. The van der Waals surface area contributed by atoms with Crippen molar-refractivity contribution < 1.29 is 17.9 Å². The zero-order chi connectivity index (χ0) is 25.3. The zero-order valence-electron chi connectivity index (χ0n) is 19.6. The van der Waals surface area contributed by atoms with Crippen LogP contribution in [0, 0.1) is 0 Å². The van der Waals surface area contributed by atoms with E-state index in [1.54, 1.807) is 48.5 Å². The zero-order valence-corrected chi connectivity index (χ0v) is 21.2. The number of halogens is 1. The molecular formula is C26H28ClN3O4S. The largest absolute Gasteiger partial charge is 0.494 e. The fourth-order valence-corrected chi connectivity index (χ4v) is 4.25. The van der Waals surface area contributed by atoms with Crippen LogP contribution >= 0.6 is 11.6 Å². The maximum absolute atomic E-state index is 12.5. The number of rotatable bonds is 11. The summed E-state index contributed by atoms with van der Waals surface area (Å²) >= 11 is 6.20. The van der Waals surface area contributed by atoms with Gasteiger partial charge in [-0.3, -0.25) is 9.10 Å². The molecule has 0 unspecified atom stereocenters. The van der Waals surface area contributed by atoms with Crippen LogP contribution < -0.4 is 14.5 Å². The Balaban J connectivity index is 1.63. The molecule has 0 saturated heterocycles. The number of benzene rings is 3. The predicted molar refractivity (Wildman–Crippen MR) is 141 cm³/mol. The first-order valence-corrected chi connectivity index (χ1v) is 13.4. The van der Waals surface area contributed by atoms with E-state index in [9.17, 15) is 13.2 Å². The standard InChI is InChI=1S/C26H28ClN3O4S/c1-3-4-17-34-24-15-9-20(10-16-24)18-28-29-26(31)21-11-13-23(14-12-21)30(35(2,32)33)19-22-7-5-6-8-25(22)27/h5-16,18H,3-4,17,19H2,1-2H3,(H,29,31)/b28-18-. The molecule has 0 heterocycles. The van der Waals surface area contributed by atoms with Crippen molar-refractivity contribution in [2.45, 2.75) is 26.3 Å². The predicted octanol–water partition coefficient (Wildman–Crippen LogP) is 5.25. The highest BCUT2D eigenvalue weighted by molar-refractivity contribution is 7.92. The summed E-state index contributed by atoms with van der Waals surface area (Å²) < 4.78 is 31.7. The van der Waals surface area contributed by atoms with Crippen LogP contribution in [0.25, 0.3) is 0 Å². The molecule has 35 heavy (non-hydrogen) atoms. The summed E-state index contributed by atoms with van der Waals surface area (Å²) in [7, 11) is -3.58. The minimum absolute atomic E-state index is 0.0801. The van der Waals surface area contributed by atoms with Crippen molar-refractivity contribution >= 4 is 39.4 Å². The van der Waals surface area contributed by atoms with Crippen LogP contribution in [-0.4, -0.2) is 33.4 Å². The molecule has 0 aliphatic heterocycles. The highest BCUT2D eigenvalue weighted by atomic mass is 35.5. The number of ether oxygens (including phenoxy) is 1. The van der Waals surface area contributed by atoms with E-state index in [4.69, 9.17) is 16.3 Å². The Labute approximate surface area is 211 Å². The molecular weight excluding hydrogens is 486 g/mol.